The minimum atomic E-state index is -0.935. The molecule has 0 aliphatic carbocycles. The molecule has 0 heterocycles. The van der Waals surface area contributed by atoms with Gasteiger partial charge in [0, 0.05) is 6.08 Å². The highest BCUT2D eigenvalue weighted by Crippen LogP contribution is 2.21. The van der Waals surface area contributed by atoms with Crippen molar-refractivity contribution in [2.45, 2.75) is 6.42 Å². The number of phenols is 1. The summed E-state index contributed by atoms with van der Waals surface area (Å²) in [5.41, 5.74) is 1.04. The van der Waals surface area contributed by atoms with Crippen LogP contribution in [0.15, 0.2) is 48.6 Å². The zero-order chi connectivity index (χ0) is 12.3. The third kappa shape index (κ3) is 2.84. The molecule has 0 atom stereocenters. The van der Waals surface area contributed by atoms with E-state index in [9.17, 15) is 9.90 Å². The number of carbonyl (C=O) groups is 1. The Kier molecular flexibility index (Phi) is 3.10. The Bertz CT molecular complexity index is 585. The molecule has 0 aliphatic rings. The van der Waals surface area contributed by atoms with Crippen molar-refractivity contribution in [3.05, 3.63) is 54.1 Å². The lowest BCUT2D eigenvalue weighted by Crippen LogP contribution is -1.87. The fourth-order valence-corrected chi connectivity index (χ4v) is 1.71. The van der Waals surface area contributed by atoms with E-state index in [2.05, 4.69) is 0 Å². The van der Waals surface area contributed by atoms with Crippen molar-refractivity contribution in [1.82, 2.24) is 0 Å². The molecule has 86 valence electrons. The number of aliphatic carboxylic acids is 1. The van der Waals surface area contributed by atoms with Gasteiger partial charge in [-0.1, -0.05) is 30.3 Å². The molecule has 0 saturated heterocycles. The van der Waals surface area contributed by atoms with Crippen LogP contribution in [-0.2, 0) is 11.2 Å². The van der Waals surface area contributed by atoms with E-state index >= 15 is 0 Å². The van der Waals surface area contributed by atoms with E-state index in [1.807, 2.05) is 24.3 Å². The van der Waals surface area contributed by atoms with Crippen LogP contribution in [-0.4, -0.2) is 16.2 Å². The summed E-state index contributed by atoms with van der Waals surface area (Å²) < 4.78 is 0. The molecule has 3 heteroatoms. The van der Waals surface area contributed by atoms with E-state index in [4.69, 9.17) is 5.11 Å². The first-order valence-electron chi connectivity index (χ1n) is 5.26. The van der Waals surface area contributed by atoms with Crippen molar-refractivity contribution in [2.24, 2.45) is 0 Å². The number of aromatic hydroxyl groups is 1. The van der Waals surface area contributed by atoms with E-state index in [1.54, 1.807) is 18.2 Å². The van der Waals surface area contributed by atoms with Crippen molar-refractivity contribution < 1.29 is 15.0 Å². The van der Waals surface area contributed by atoms with Crippen LogP contribution in [0.3, 0.4) is 0 Å². The summed E-state index contributed by atoms with van der Waals surface area (Å²) in [6.07, 6.45) is 3.34. The van der Waals surface area contributed by atoms with E-state index < -0.39 is 5.97 Å². The highest BCUT2D eigenvalue weighted by molar-refractivity contribution is 5.84. The molecule has 2 aromatic rings. The largest absolute Gasteiger partial charge is 0.508 e. The van der Waals surface area contributed by atoms with Crippen LogP contribution in [0.2, 0.25) is 0 Å². The molecule has 0 amide bonds. The number of hydrogen-bond acceptors (Lipinski definition) is 2. The Hall–Kier alpha value is -2.29. The molecule has 3 nitrogen and oxygen atoms in total. The maximum absolute atomic E-state index is 10.3. The quantitative estimate of drug-likeness (QED) is 0.794. The van der Waals surface area contributed by atoms with Crippen molar-refractivity contribution in [1.29, 1.82) is 0 Å². The minimum Gasteiger partial charge on any atom is -0.508 e. The Balaban J connectivity index is 2.26. The van der Waals surface area contributed by atoms with E-state index in [0.717, 1.165) is 22.4 Å². The zero-order valence-corrected chi connectivity index (χ0v) is 9.13. The van der Waals surface area contributed by atoms with Crippen LogP contribution >= 0.6 is 0 Å². The van der Waals surface area contributed by atoms with E-state index in [0.29, 0.717) is 6.42 Å². The number of hydrogen-bond donors (Lipinski definition) is 2. The summed E-state index contributed by atoms with van der Waals surface area (Å²) >= 11 is 0. The molecule has 0 unspecified atom stereocenters. The number of carboxylic acid groups (broad SMARTS) is 1. The first-order chi connectivity index (χ1) is 8.15. The average molecular weight is 228 g/mol. The Morgan fingerprint density at radius 1 is 1.12 bits per heavy atom. The number of phenolic OH excluding ortho intramolecular Hbond substituents is 1. The number of fused-ring (bicyclic) bond motifs is 1. The second-order valence-corrected chi connectivity index (χ2v) is 3.81. The van der Waals surface area contributed by atoms with Gasteiger partial charge in [-0.2, -0.15) is 0 Å². The van der Waals surface area contributed by atoms with Crippen LogP contribution in [0.5, 0.6) is 5.75 Å². The molecular formula is C14H12O3. The third-order valence-corrected chi connectivity index (χ3v) is 2.50. The summed E-state index contributed by atoms with van der Waals surface area (Å²) in [6, 6.07) is 11.0. The Morgan fingerprint density at radius 3 is 2.59 bits per heavy atom. The van der Waals surface area contributed by atoms with Crippen molar-refractivity contribution in [2.75, 3.05) is 0 Å². The SMILES string of the molecule is O=C(O)/C=C/Cc1ccc2cc(O)ccc2c1. The predicted octanol–water partition coefficient (Wildman–Crippen LogP) is 2.73. The molecule has 2 aromatic carbocycles. The second-order valence-electron chi connectivity index (χ2n) is 3.81. The fraction of sp³-hybridized carbons (Fsp3) is 0.0714. The lowest BCUT2D eigenvalue weighted by atomic mass is 10.0. The average Bonchev–Trinajstić information content (AvgIpc) is 2.29. The monoisotopic (exact) mass is 228 g/mol. The van der Waals surface area contributed by atoms with Crippen LogP contribution in [0, 0.1) is 0 Å². The fourth-order valence-electron chi connectivity index (χ4n) is 1.71. The Morgan fingerprint density at radius 2 is 1.82 bits per heavy atom. The molecule has 0 bridgehead atoms. The highest BCUT2D eigenvalue weighted by atomic mass is 16.4. The van der Waals surface area contributed by atoms with Gasteiger partial charge in [-0.15, -0.1) is 0 Å². The van der Waals surface area contributed by atoms with Gasteiger partial charge < -0.3 is 10.2 Å². The molecule has 2 N–H and O–H groups in total. The first-order valence-corrected chi connectivity index (χ1v) is 5.26. The number of allylic oxidation sites excluding steroid dienone is 1. The summed E-state index contributed by atoms with van der Waals surface area (Å²) in [4.78, 5) is 10.3. The maximum Gasteiger partial charge on any atom is 0.327 e. The lowest BCUT2D eigenvalue weighted by molar-refractivity contribution is -0.131. The summed E-state index contributed by atoms with van der Waals surface area (Å²) in [5.74, 6) is -0.688. The standard InChI is InChI=1S/C14H12O3/c15-13-7-6-11-8-10(2-1-3-14(16)17)4-5-12(11)9-13/h1,3-9,15H,2H2,(H,16,17)/b3-1+. The molecule has 2 rings (SSSR count). The first kappa shape index (κ1) is 11.2. The molecule has 0 fully saturated rings. The van der Waals surface area contributed by atoms with Gasteiger partial charge in [-0.3, -0.25) is 0 Å². The van der Waals surface area contributed by atoms with Crippen LogP contribution < -0.4 is 0 Å². The molecule has 0 radical (unpaired) electrons. The van der Waals surface area contributed by atoms with Gasteiger partial charge in [0.25, 0.3) is 0 Å². The molecule has 0 spiro atoms. The molecular weight excluding hydrogens is 216 g/mol. The predicted molar refractivity (Wildman–Crippen MR) is 66.1 cm³/mol. The number of carboxylic acids is 1. The molecule has 0 saturated carbocycles. The van der Waals surface area contributed by atoms with Gasteiger partial charge in [-0.05, 0) is 34.9 Å². The number of rotatable bonds is 3. The van der Waals surface area contributed by atoms with Gasteiger partial charge in [0.2, 0.25) is 0 Å². The van der Waals surface area contributed by atoms with Crippen molar-refractivity contribution in [3.8, 4) is 5.75 Å². The minimum absolute atomic E-state index is 0.246. The third-order valence-electron chi connectivity index (χ3n) is 2.50. The molecule has 17 heavy (non-hydrogen) atoms. The van der Waals surface area contributed by atoms with Crippen molar-refractivity contribution >= 4 is 16.7 Å². The van der Waals surface area contributed by atoms with Gasteiger partial charge >= 0.3 is 5.97 Å². The number of benzene rings is 2. The summed E-state index contributed by atoms with van der Waals surface area (Å²) in [7, 11) is 0. The zero-order valence-electron chi connectivity index (χ0n) is 9.13. The van der Waals surface area contributed by atoms with Crippen LogP contribution in [0.25, 0.3) is 10.8 Å². The van der Waals surface area contributed by atoms with Gasteiger partial charge in [-0.25, -0.2) is 4.79 Å². The normalized spacial score (nSPS) is 11.1. The molecule has 0 aliphatic heterocycles. The smallest absolute Gasteiger partial charge is 0.327 e. The van der Waals surface area contributed by atoms with E-state index in [-0.39, 0.29) is 5.75 Å². The van der Waals surface area contributed by atoms with Crippen molar-refractivity contribution in [3.63, 3.8) is 0 Å². The topological polar surface area (TPSA) is 57.5 Å². The van der Waals surface area contributed by atoms with E-state index in [1.165, 1.54) is 0 Å². The maximum atomic E-state index is 10.3. The second kappa shape index (κ2) is 4.70. The van der Waals surface area contributed by atoms with Gasteiger partial charge in [0.15, 0.2) is 0 Å². The highest BCUT2D eigenvalue weighted by Gasteiger charge is 1.97. The Labute approximate surface area is 98.6 Å². The van der Waals surface area contributed by atoms with Crippen LogP contribution in [0.1, 0.15) is 5.56 Å². The molecule has 0 aromatic heterocycles. The summed E-state index contributed by atoms with van der Waals surface area (Å²) in [5, 5.41) is 19.8. The lowest BCUT2D eigenvalue weighted by Gasteiger charge is -2.01. The van der Waals surface area contributed by atoms with Gasteiger partial charge in [0.05, 0.1) is 0 Å². The summed E-state index contributed by atoms with van der Waals surface area (Å²) in [6.45, 7) is 0. The van der Waals surface area contributed by atoms with Crippen LogP contribution in [0.4, 0.5) is 0 Å². The van der Waals surface area contributed by atoms with Gasteiger partial charge in [0.1, 0.15) is 5.75 Å².